The van der Waals surface area contributed by atoms with Crippen LogP contribution in [0.2, 0.25) is 0 Å². The molecule has 1 heterocycles. The molecule has 7 heteroatoms. The lowest BCUT2D eigenvalue weighted by molar-refractivity contribution is -0.139. The summed E-state index contributed by atoms with van der Waals surface area (Å²) in [6, 6.07) is 16.1. The van der Waals surface area contributed by atoms with Crippen molar-refractivity contribution in [3.8, 4) is 5.75 Å². The normalized spacial score (nSPS) is 17.2. The Hall–Kier alpha value is -4.00. The number of carbonyl (C=O) groups is 2. The van der Waals surface area contributed by atoms with Gasteiger partial charge in [0.05, 0.1) is 17.7 Å². The lowest BCUT2D eigenvalue weighted by Crippen LogP contribution is -2.31. The van der Waals surface area contributed by atoms with E-state index in [2.05, 4.69) is 0 Å². The summed E-state index contributed by atoms with van der Waals surface area (Å²) < 4.78 is 32.9. The zero-order chi connectivity index (χ0) is 26.0. The Morgan fingerprint density at radius 3 is 2.28 bits per heavy atom. The lowest BCUT2D eigenvalue weighted by atomic mass is 9.94. The summed E-state index contributed by atoms with van der Waals surface area (Å²) in [5.74, 6) is -2.11. The largest absolute Gasteiger partial charge is 0.507 e. The molecule has 1 amide bonds. The van der Waals surface area contributed by atoms with Crippen molar-refractivity contribution in [2.75, 3.05) is 6.54 Å². The Morgan fingerprint density at radius 2 is 1.67 bits per heavy atom. The molecule has 0 aliphatic carbocycles. The number of aliphatic hydroxyl groups excluding tert-OH is 1. The summed E-state index contributed by atoms with van der Waals surface area (Å²) in [5.41, 5.74) is 1.89. The number of benzene rings is 3. The topological polar surface area (TPSA) is 66.8 Å². The van der Waals surface area contributed by atoms with Gasteiger partial charge >= 0.3 is 0 Å². The van der Waals surface area contributed by atoms with Gasteiger partial charge in [-0.2, -0.15) is 0 Å². The molecule has 1 saturated heterocycles. The van der Waals surface area contributed by atoms with E-state index in [1.165, 1.54) is 35.2 Å². The Bertz CT molecular complexity index is 1310. The van der Waals surface area contributed by atoms with E-state index in [0.29, 0.717) is 23.3 Å². The van der Waals surface area contributed by atoms with Crippen LogP contribution in [0.3, 0.4) is 0 Å². The number of hydrogen-bond acceptors (Lipinski definition) is 4. The fourth-order valence-corrected chi connectivity index (χ4v) is 4.31. The first-order valence-corrected chi connectivity index (χ1v) is 11.7. The molecule has 36 heavy (non-hydrogen) atoms. The number of likely N-dealkylation sites (tertiary alicyclic amines) is 1. The van der Waals surface area contributed by atoms with Crippen LogP contribution in [-0.2, 0) is 16.0 Å². The first-order chi connectivity index (χ1) is 17.2. The molecule has 186 valence electrons. The molecule has 1 aliphatic rings. The number of nitrogens with zero attached hydrogens (tertiary/aromatic N) is 1. The molecule has 0 saturated carbocycles. The van der Waals surface area contributed by atoms with Crippen molar-refractivity contribution < 1.29 is 28.2 Å². The molecular weight excluding hydrogens is 464 g/mol. The molecule has 5 nitrogen and oxygen atoms in total. The zero-order valence-corrected chi connectivity index (χ0v) is 20.3. The van der Waals surface area contributed by atoms with E-state index in [9.17, 15) is 23.5 Å². The zero-order valence-electron chi connectivity index (χ0n) is 20.3. The van der Waals surface area contributed by atoms with E-state index in [1.54, 1.807) is 43.3 Å². The summed E-state index contributed by atoms with van der Waals surface area (Å²) in [7, 11) is 0. The van der Waals surface area contributed by atoms with Gasteiger partial charge in [0.2, 0.25) is 0 Å². The van der Waals surface area contributed by atoms with Crippen LogP contribution in [0.15, 0.2) is 72.3 Å². The second kappa shape index (κ2) is 10.3. The second-order valence-electron chi connectivity index (χ2n) is 9.07. The summed E-state index contributed by atoms with van der Waals surface area (Å²) in [4.78, 5) is 27.7. The van der Waals surface area contributed by atoms with Gasteiger partial charge in [0.25, 0.3) is 11.7 Å². The number of aryl methyl sites for hydroxylation is 1. The first-order valence-electron chi connectivity index (χ1n) is 11.7. The third-order valence-electron chi connectivity index (χ3n) is 6.09. The molecule has 1 fully saturated rings. The molecule has 1 aliphatic heterocycles. The van der Waals surface area contributed by atoms with Gasteiger partial charge in [0, 0.05) is 12.1 Å². The molecule has 3 aromatic rings. The molecule has 1 N–H and O–H groups in total. The number of hydrogen-bond donors (Lipinski definition) is 1. The highest BCUT2D eigenvalue weighted by molar-refractivity contribution is 6.46. The van der Waals surface area contributed by atoms with Gasteiger partial charge in [0.15, 0.2) is 0 Å². The van der Waals surface area contributed by atoms with Crippen LogP contribution >= 0.6 is 0 Å². The fraction of sp³-hybridized carbons (Fsp3) is 0.241. The van der Waals surface area contributed by atoms with E-state index < -0.39 is 23.5 Å². The van der Waals surface area contributed by atoms with Crippen molar-refractivity contribution in [3.63, 3.8) is 0 Å². The second-order valence-corrected chi connectivity index (χ2v) is 9.07. The lowest BCUT2D eigenvalue weighted by Gasteiger charge is -2.25. The fourth-order valence-electron chi connectivity index (χ4n) is 4.31. The third kappa shape index (κ3) is 5.15. The average Bonchev–Trinajstić information content (AvgIpc) is 3.10. The van der Waals surface area contributed by atoms with Crippen LogP contribution in [0.25, 0.3) is 5.76 Å². The van der Waals surface area contributed by atoms with Crippen LogP contribution in [0, 0.1) is 18.6 Å². The van der Waals surface area contributed by atoms with Gasteiger partial charge in [-0.1, -0.05) is 24.3 Å². The van der Waals surface area contributed by atoms with Crippen LogP contribution in [0.4, 0.5) is 8.78 Å². The van der Waals surface area contributed by atoms with Gasteiger partial charge in [-0.15, -0.1) is 0 Å². The van der Waals surface area contributed by atoms with E-state index in [4.69, 9.17) is 4.74 Å². The quantitative estimate of drug-likeness (QED) is 0.261. The van der Waals surface area contributed by atoms with Crippen molar-refractivity contribution in [1.82, 2.24) is 4.90 Å². The predicted octanol–water partition coefficient (Wildman–Crippen LogP) is 5.72. The highest BCUT2D eigenvalue weighted by Gasteiger charge is 2.45. The van der Waals surface area contributed by atoms with Crippen LogP contribution in [0.5, 0.6) is 5.75 Å². The van der Waals surface area contributed by atoms with Crippen molar-refractivity contribution in [1.29, 1.82) is 0 Å². The summed E-state index contributed by atoms with van der Waals surface area (Å²) in [5, 5.41) is 11.2. The molecule has 1 unspecified atom stereocenters. The summed E-state index contributed by atoms with van der Waals surface area (Å²) in [6.45, 7) is 5.54. The molecular formula is C29H27F2NO4. The van der Waals surface area contributed by atoms with Crippen molar-refractivity contribution >= 4 is 17.4 Å². The number of amides is 1. The standard InChI is InChI=1S/C29H27F2NO4/c1-17(2)36-23-11-6-20(7-12-23)26-25(27(33)21-8-13-24(31)18(3)16-21)28(34)29(35)32(26)15-14-19-4-9-22(30)10-5-19/h4-13,16-17,26,33H,14-15H2,1-3H3/b27-25-. The molecule has 1 atom stereocenters. The minimum Gasteiger partial charge on any atom is -0.507 e. The number of rotatable bonds is 7. The molecule has 3 aromatic carbocycles. The van der Waals surface area contributed by atoms with E-state index in [0.717, 1.165) is 5.56 Å². The highest BCUT2D eigenvalue weighted by Crippen LogP contribution is 2.40. The molecule has 0 aromatic heterocycles. The monoisotopic (exact) mass is 491 g/mol. The Kier molecular flexibility index (Phi) is 7.20. The first kappa shape index (κ1) is 25.1. The number of carbonyl (C=O) groups excluding carboxylic acids is 2. The Labute approximate surface area is 208 Å². The molecule has 0 radical (unpaired) electrons. The van der Waals surface area contributed by atoms with Crippen LogP contribution < -0.4 is 4.74 Å². The number of aliphatic hydroxyl groups is 1. The number of halogens is 2. The summed E-state index contributed by atoms with van der Waals surface area (Å²) in [6.07, 6.45) is 0.354. The van der Waals surface area contributed by atoms with Crippen LogP contribution in [-0.4, -0.2) is 34.3 Å². The maximum atomic E-state index is 13.8. The van der Waals surface area contributed by atoms with Gasteiger partial charge in [-0.05, 0) is 86.3 Å². The van der Waals surface area contributed by atoms with E-state index in [1.807, 2.05) is 13.8 Å². The van der Waals surface area contributed by atoms with E-state index >= 15 is 0 Å². The maximum Gasteiger partial charge on any atom is 0.295 e. The smallest absolute Gasteiger partial charge is 0.295 e. The number of Topliss-reactive ketones (excluding diaryl/α,β-unsaturated/α-hetero) is 1. The van der Waals surface area contributed by atoms with Crippen LogP contribution in [0.1, 0.15) is 42.1 Å². The number of ketones is 1. The van der Waals surface area contributed by atoms with Crippen molar-refractivity contribution in [2.45, 2.75) is 39.3 Å². The SMILES string of the molecule is Cc1cc(/C(O)=C2/C(=O)C(=O)N(CCc3ccc(F)cc3)C2c2ccc(OC(C)C)cc2)ccc1F. The summed E-state index contributed by atoms with van der Waals surface area (Å²) >= 11 is 0. The van der Waals surface area contributed by atoms with Gasteiger partial charge in [0.1, 0.15) is 23.1 Å². The predicted molar refractivity (Wildman–Crippen MR) is 132 cm³/mol. The third-order valence-corrected chi connectivity index (χ3v) is 6.09. The molecule has 0 bridgehead atoms. The molecule has 0 spiro atoms. The van der Waals surface area contributed by atoms with Gasteiger partial charge in [-0.25, -0.2) is 8.78 Å². The minimum absolute atomic E-state index is 0.0288. The molecule has 4 rings (SSSR count). The van der Waals surface area contributed by atoms with E-state index in [-0.39, 0.29) is 35.4 Å². The minimum atomic E-state index is -0.857. The maximum absolute atomic E-state index is 13.8. The Morgan fingerprint density at radius 1 is 1.00 bits per heavy atom. The number of ether oxygens (including phenoxy) is 1. The Balaban J connectivity index is 1.76. The highest BCUT2D eigenvalue weighted by atomic mass is 19.1. The van der Waals surface area contributed by atoms with Crippen molar-refractivity contribution in [3.05, 3.63) is 106 Å². The van der Waals surface area contributed by atoms with Gasteiger partial charge in [-0.3, -0.25) is 9.59 Å². The average molecular weight is 492 g/mol. The van der Waals surface area contributed by atoms with Crippen molar-refractivity contribution in [2.24, 2.45) is 0 Å². The van der Waals surface area contributed by atoms with Gasteiger partial charge < -0.3 is 14.7 Å².